The fraction of sp³-hybridized carbons (Fsp3) is 0. The normalized spacial score (nSPS) is 19.6. The number of hydrogen-bond acceptors (Lipinski definition) is 4. The molecule has 1 aliphatic heterocycles. The smallest absolute Gasteiger partial charge is 0.273 e. The van der Waals surface area contributed by atoms with Crippen molar-refractivity contribution in [2.45, 2.75) is 4.90 Å². The largest absolute Gasteiger partial charge is 0.401 e. The molecule has 0 fully saturated rings. The lowest BCUT2D eigenvalue weighted by molar-refractivity contribution is -0.384. The fourth-order valence-electron chi connectivity index (χ4n) is 1.48. The van der Waals surface area contributed by atoms with E-state index in [0.29, 0.717) is 0 Å². The number of non-ortho nitro benzene ring substituents is 1. The molecule has 1 unspecified atom stereocenters. The number of nitro benzene ring substituents is 1. The number of rotatable bonds is 4. The molecule has 0 N–H and O–H groups in total. The molecule has 8 heteroatoms. The maximum absolute atomic E-state index is 10.7. The number of nitrogens with zero attached hydrogens (tertiary/aromatic N) is 1. The van der Waals surface area contributed by atoms with Crippen LogP contribution in [-0.2, 0) is 11.9 Å². The van der Waals surface area contributed by atoms with E-state index in [4.69, 9.17) is 4.18 Å². The van der Waals surface area contributed by atoms with Crippen LogP contribution in [0.5, 0.6) is 5.75 Å². The van der Waals surface area contributed by atoms with Crippen molar-refractivity contribution in [3.63, 3.8) is 0 Å². The Morgan fingerprint density at radius 2 is 2.22 bits per heavy atom. The van der Waals surface area contributed by atoms with E-state index >= 15 is 0 Å². The summed E-state index contributed by atoms with van der Waals surface area (Å²) in [5, 5.41) is 12.7. The van der Waals surface area contributed by atoms with E-state index in [2.05, 4.69) is 15.9 Å². The van der Waals surface area contributed by atoms with Crippen LogP contribution in [0.15, 0.2) is 44.5 Å². The highest BCUT2D eigenvalue weighted by atomic mass is 79.9. The third kappa shape index (κ3) is 2.65. The Balaban J connectivity index is 2.46. The van der Waals surface area contributed by atoms with E-state index < -0.39 is 27.8 Å². The first kappa shape index (κ1) is 13.3. The Kier molecular flexibility index (Phi) is 4.20. The molecule has 0 radical (unpaired) electrons. The highest BCUT2D eigenvalue weighted by molar-refractivity contribution is 9.14. The molecule has 1 aromatic rings. The van der Waals surface area contributed by atoms with Crippen LogP contribution in [0.1, 0.15) is 0 Å². The molecule has 0 bridgehead atoms. The summed E-state index contributed by atoms with van der Waals surface area (Å²) in [6, 6.07) is 4.34. The van der Waals surface area contributed by atoms with Gasteiger partial charge in [-0.15, -0.1) is 0 Å². The van der Waals surface area contributed by atoms with Crippen molar-refractivity contribution in [3.8, 4) is 5.75 Å². The third-order valence-corrected chi connectivity index (χ3v) is 5.90. The van der Waals surface area contributed by atoms with Crippen molar-refractivity contribution in [2.24, 2.45) is 0 Å². The second-order valence-corrected chi connectivity index (χ2v) is 7.08. The van der Waals surface area contributed by atoms with Gasteiger partial charge in [0.2, 0.25) is 0 Å². The average Bonchev–Trinajstić information content (AvgIpc) is 2.75. The summed E-state index contributed by atoms with van der Waals surface area (Å²) >= 11 is 2.90. The van der Waals surface area contributed by atoms with Crippen LogP contribution in [0.2, 0.25) is 0 Å². The zero-order chi connectivity index (χ0) is 13.1. The number of allylic oxidation sites excluding steroid dienone is 2. The molecule has 1 aromatic carbocycles. The summed E-state index contributed by atoms with van der Waals surface area (Å²) < 4.78 is 16.5. The summed E-state index contributed by atoms with van der Waals surface area (Å²) in [4.78, 5) is 11.0. The van der Waals surface area contributed by atoms with Crippen molar-refractivity contribution >= 4 is 44.5 Å². The standard InChI is InChI=1S/C10H8BrNO4S2/c11-10-2-1-5-18(10)9-4-3-7(12(13)14)6-8(9)16-17-15/h1-6,17-18H. The van der Waals surface area contributed by atoms with Gasteiger partial charge in [-0.1, -0.05) is 6.08 Å². The van der Waals surface area contributed by atoms with Gasteiger partial charge in [0.1, 0.15) is 0 Å². The zero-order valence-corrected chi connectivity index (χ0v) is 12.2. The van der Waals surface area contributed by atoms with Crippen LogP contribution in [0.25, 0.3) is 0 Å². The van der Waals surface area contributed by atoms with Crippen molar-refractivity contribution in [1.29, 1.82) is 0 Å². The van der Waals surface area contributed by atoms with Gasteiger partial charge in [-0.2, -0.15) is 10.9 Å². The van der Waals surface area contributed by atoms with E-state index in [9.17, 15) is 14.3 Å². The summed E-state index contributed by atoms with van der Waals surface area (Å²) in [5.41, 5.74) is -0.0873. The molecule has 0 aromatic heterocycles. The zero-order valence-electron chi connectivity index (χ0n) is 8.82. The Labute approximate surface area is 118 Å². The molecule has 0 saturated carbocycles. The highest BCUT2D eigenvalue weighted by Crippen LogP contribution is 2.54. The first-order chi connectivity index (χ1) is 8.63. The Morgan fingerprint density at radius 3 is 2.78 bits per heavy atom. The molecule has 2 rings (SSSR count). The van der Waals surface area contributed by atoms with Gasteiger partial charge in [-0.3, -0.25) is 10.1 Å². The van der Waals surface area contributed by atoms with E-state index in [1.165, 1.54) is 12.1 Å². The van der Waals surface area contributed by atoms with E-state index in [-0.39, 0.29) is 11.4 Å². The van der Waals surface area contributed by atoms with Gasteiger partial charge in [-0.25, -0.2) is 4.21 Å². The molecule has 0 spiro atoms. The molecule has 0 amide bonds. The summed E-state index contributed by atoms with van der Waals surface area (Å²) in [6.07, 6.45) is 3.81. The number of thiol groups is 2. The first-order valence-corrected chi connectivity index (χ1v) is 7.68. The second-order valence-electron chi connectivity index (χ2n) is 3.28. The maximum Gasteiger partial charge on any atom is 0.273 e. The minimum Gasteiger partial charge on any atom is -0.401 e. The van der Waals surface area contributed by atoms with Crippen molar-refractivity contribution < 1.29 is 13.3 Å². The quantitative estimate of drug-likeness (QED) is 0.498. The summed E-state index contributed by atoms with van der Waals surface area (Å²) in [6.45, 7) is 0. The molecule has 1 aliphatic rings. The minimum absolute atomic E-state index is 0.0873. The number of halogens is 1. The lowest BCUT2D eigenvalue weighted by Gasteiger charge is -2.16. The Hall–Kier alpha value is -1.12. The van der Waals surface area contributed by atoms with E-state index in [0.717, 1.165) is 8.71 Å². The molecule has 1 atom stereocenters. The monoisotopic (exact) mass is 349 g/mol. The minimum atomic E-state index is -0.759. The molecule has 1 heterocycles. The maximum atomic E-state index is 10.7. The Bertz CT molecular complexity index is 573. The van der Waals surface area contributed by atoms with Crippen molar-refractivity contribution in [1.82, 2.24) is 0 Å². The van der Waals surface area contributed by atoms with Crippen LogP contribution < -0.4 is 4.18 Å². The fourth-order valence-corrected chi connectivity index (χ4v) is 4.49. The molecule has 5 nitrogen and oxygen atoms in total. The van der Waals surface area contributed by atoms with Crippen LogP contribution >= 0.6 is 26.8 Å². The summed E-state index contributed by atoms with van der Waals surface area (Å²) in [5.74, 6) is 0.267. The Morgan fingerprint density at radius 1 is 1.44 bits per heavy atom. The van der Waals surface area contributed by atoms with Crippen LogP contribution in [0.3, 0.4) is 0 Å². The van der Waals surface area contributed by atoms with E-state index in [1.807, 2.05) is 17.6 Å². The molecule has 96 valence electrons. The second kappa shape index (κ2) is 5.68. The summed E-state index contributed by atoms with van der Waals surface area (Å²) in [7, 11) is -0.759. The highest BCUT2D eigenvalue weighted by Gasteiger charge is 2.19. The molecular formula is C10H8BrNO4S2. The van der Waals surface area contributed by atoms with Gasteiger partial charge >= 0.3 is 0 Å². The van der Waals surface area contributed by atoms with Gasteiger partial charge in [0, 0.05) is 14.8 Å². The van der Waals surface area contributed by atoms with Crippen molar-refractivity contribution in [3.05, 3.63) is 49.7 Å². The average molecular weight is 350 g/mol. The molecule has 0 aliphatic carbocycles. The SMILES string of the molecule is O=[SH]Oc1cc([N+](=O)[O-])ccc1[SH]1C=CC=C1Br. The van der Waals surface area contributed by atoms with Crippen molar-refractivity contribution in [2.75, 3.05) is 0 Å². The molecule has 18 heavy (non-hydrogen) atoms. The van der Waals surface area contributed by atoms with E-state index in [1.54, 1.807) is 6.07 Å². The van der Waals surface area contributed by atoms with Crippen LogP contribution in [-0.4, -0.2) is 9.13 Å². The predicted molar refractivity (Wildman–Crippen MR) is 76.7 cm³/mol. The molecular weight excluding hydrogens is 342 g/mol. The van der Waals surface area contributed by atoms with Gasteiger partial charge in [0.25, 0.3) is 5.69 Å². The lowest BCUT2D eigenvalue weighted by atomic mass is 10.3. The number of hydrogen-bond donors (Lipinski definition) is 2. The topological polar surface area (TPSA) is 69.4 Å². The van der Waals surface area contributed by atoms with Gasteiger partial charge in [-0.05, 0) is 33.5 Å². The first-order valence-electron chi connectivity index (χ1n) is 4.75. The number of nitro groups is 1. The van der Waals surface area contributed by atoms with Gasteiger partial charge in [0.05, 0.1) is 11.0 Å². The third-order valence-electron chi connectivity index (χ3n) is 2.25. The molecule has 0 saturated heterocycles. The van der Waals surface area contributed by atoms with Gasteiger partial charge in [0.15, 0.2) is 17.7 Å². The van der Waals surface area contributed by atoms with Gasteiger partial charge < -0.3 is 4.18 Å². The van der Waals surface area contributed by atoms with Crippen LogP contribution in [0, 0.1) is 10.1 Å². The lowest BCUT2D eigenvalue weighted by Crippen LogP contribution is -1.93. The number of benzene rings is 1. The predicted octanol–water partition coefficient (Wildman–Crippen LogP) is 2.96. The van der Waals surface area contributed by atoms with Crippen LogP contribution in [0.4, 0.5) is 5.69 Å².